The van der Waals surface area contributed by atoms with Crippen LogP contribution in [0, 0.1) is 0 Å². The molecule has 3 aromatic heterocycles. The number of fused-ring (bicyclic) bond motifs is 2. The number of nitrogens with zero attached hydrogens (tertiary/aromatic N) is 4. The second-order valence-corrected chi connectivity index (χ2v) is 10.2. The van der Waals surface area contributed by atoms with E-state index in [-0.39, 0.29) is 17.4 Å². The minimum Gasteiger partial charge on any atom is -0.277 e. The predicted octanol–water partition coefficient (Wildman–Crippen LogP) is 4.80. The van der Waals surface area contributed by atoms with Gasteiger partial charge < -0.3 is 0 Å². The number of aromatic nitrogens is 3. The Labute approximate surface area is 227 Å². The molecular weight excluding hydrogens is 500 g/mol. The molecule has 4 heterocycles. The van der Waals surface area contributed by atoms with Gasteiger partial charge in [-0.05, 0) is 73.0 Å². The average Bonchev–Trinajstić information content (AvgIpc) is 2.99. The summed E-state index contributed by atoms with van der Waals surface area (Å²) < 4.78 is 1.59. The fraction of sp³-hybridized carbons (Fsp3) is 0.0606. The monoisotopic (exact) mass is 520 g/mol. The van der Waals surface area contributed by atoms with Crippen LogP contribution in [0.15, 0.2) is 89.6 Å². The summed E-state index contributed by atoms with van der Waals surface area (Å²) in [5.74, 6) is -0.773. The molecule has 0 spiro atoms. The van der Waals surface area contributed by atoms with Crippen LogP contribution >= 0.6 is 0 Å². The van der Waals surface area contributed by atoms with E-state index in [4.69, 9.17) is 0 Å². The van der Waals surface area contributed by atoms with Crippen molar-refractivity contribution in [1.82, 2.24) is 19.4 Å². The van der Waals surface area contributed by atoms with E-state index >= 15 is 0 Å². The predicted molar refractivity (Wildman–Crippen MR) is 154 cm³/mol. The Morgan fingerprint density at radius 1 is 0.750 bits per heavy atom. The largest absolute Gasteiger partial charge is 0.277 e. The summed E-state index contributed by atoms with van der Waals surface area (Å²) in [6.45, 7) is 4.27. The van der Waals surface area contributed by atoms with Gasteiger partial charge in [-0.1, -0.05) is 24.8 Å². The molecule has 3 aromatic carbocycles. The summed E-state index contributed by atoms with van der Waals surface area (Å²) in [5.41, 5.74) is 4.55. The van der Waals surface area contributed by atoms with Gasteiger partial charge in [0, 0.05) is 72.9 Å². The number of hydrogen-bond acceptors (Lipinski definition) is 5. The van der Waals surface area contributed by atoms with Crippen LogP contribution in [-0.2, 0) is 6.42 Å². The quantitative estimate of drug-likeness (QED) is 0.306. The number of allylic oxidation sites excluding steroid dienone is 1. The molecule has 0 saturated carbocycles. The molecule has 0 fully saturated rings. The summed E-state index contributed by atoms with van der Waals surface area (Å²) in [5, 5.41) is 3.65. The third-order valence-electron chi connectivity index (χ3n) is 8.04. The average molecular weight is 521 g/mol. The molecule has 2 amide bonds. The second-order valence-electron chi connectivity index (χ2n) is 10.2. The molecule has 8 rings (SSSR count). The van der Waals surface area contributed by atoms with E-state index in [0.717, 1.165) is 22.2 Å². The highest BCUT2D eigenvalue weighted by atomic mass is 16.2. The van der Waals surface area contributed by atoms with Gasteiger partial charge in [-0.3, -0.25) is 28.9 Å². The van der Waals surface area contributed by atoms with Crippen molar-refractivity contribution in [2.45, 2.75) is 12.8 Å². The molecule has 6 aromatic rings. The van der Waals surface area contributed by atoms with Crippen LogP contribution in [0.25, 0.3) is 50.8 Å². The summed E-state index contributed by atoms with van der Waals surface area (Å²) >= 11 is 0. The molecule has 190 valence electrons. The number of hydrogen-bond donors (Lipinski definition) is 0. The Balaban J connectivity index is 1.34. The number of carbonyl (C=O) groups excluding carboxylic acids is 2. The van der Waals surface area contributed by atoms with Gasteiger partial charge in [0.25, 0.3) is 17.4 Å². The van der Waals surface area contributed by atoms with Crippen molar-refractivity contribution in [3.05, 3.63) is 123 Å². The zero-order chi connectivity index (χ0) is 27.1. The van der Waals surface area contributed by atoms with Gasteiger partial charge >= 0.3 is 0 Å². The Bertz CT molecular complexity index is 2180. The standard InChI is InChI=1S/C33H20N4O3/c1-18-23-8-9-25-30-26(33(40)37(32(25)39)22-7-13-28-20(17-22)5-3-15-35-28)11-10-24(29(23)30)31(38)36(18)21-6-12-27-19(16-21)4-2-14-34-27/h2-6,8-12,14-17H,1,7,13H2. The number of carbonyl (C=O) groups is 2. The third kappa shape index (κ3) is 2.97. The minimum atomic E-state index is -0.387. The van der Waals surface area contributed by atoms with E-state index in [1.807, 2.05) is 54.6 Å². The zero-order valence-corrected chi connectivity index (χ0v) is 21.2. The van der Waals surface area contributed by atoms with Crippen LogP contribution in [0.3, 0.4) is 0 Å². The lowest BCUT2D eigenvalue weighted by Gasteiger charge is -2.31. The van der Waals surface area contributed by atoms with Crippen molar-refractivity contribution in [2.24, 2.45) is 0 Å². The Hall–Kier alpha value is -5.43. The number of pyridine rings is 3. The van der Waals surface area contributed by atoms with Crippen LogP contribution in [0.1, 0.15) is 38.4 Å². The first-order chi connectivity index (χ1) is 19.5. The molecule has 2 aliphatic rings. The van der Waals surface area contributed by atoms with Crippen molar-refractivity contribution in [2.75, 3.05) is 0 Å². The first-order valence-electron chi connectivity index (χ1n) is 13.0. The van der Waals surface area contributed by atoms with Crippen LogP contribution in [0.4, 0.5) is 0 Å². The minimum absolute atomic E-state index is 0.258. The number of benzene rings is 3. The summed E-state index contributed by atoms with van der Waals surface area (Å²) in [6.07, 6.45) is 6.53. The number of imide groups is 1. The Kier molecular flexibility index (Phi) is 4.53. The maximum Gasteiger partial charge on any atom is 0.265 e. The van der Waals surface area contributed by atoms with Crippen LogP contribution in [-0.4, -0.2) is 31.2 Å². The Morgan fingerprint density at radius 2 is 1.50 bits per heavy atom. The van der Waals surface area contributed by atoms with Gasteiger partial charge in [0.1, 0.15) is 0 Å². The molecule has 0 saturated heterocycles. The van der Waals surface area contributed by atoms with E-state index < -0.39 is 0 Å². The van der Waals surface area contributed by atoms with Gasteiger partial charge in [0.05, 0.1) is 5.52 Å². The molecule has 0 bridgehead atoms. The number of rotatable bonds is 2. The van der Waals surface area contributed by atoms with Crippen LogP contribution < -0.4 is 10.9 Å². The highest BCUT2D eigenvalue weighted by Gasteiger charge is 2.37. The maximum absolute atomic E-state index is 13.9. The third-order valence-corrected chi connectivity index (χ3v) is 8.04. The van der Waals surface area contributed by atoms with Crippen molar-refractivity contribution >= 4 is 56.9 Å². The van der Waals surface area contributed by atoms with Gasteiger partial charge in [0.15, 0.2) is 0 Å². The van der Waals surface area contributed by atoms with E-state index in [1.165, 1.54) is 4.90 Å². The summed E-state index contributed by atoms with van der Waals surface area (Å²) in [4.78, 5) is 51.7. The van der Waals surface area contributed by atoms with E-state index in [0.29, 0.717) is 62.2 Å². The van der Waals surface area contributed by atoms with Crippen molar-refractivity contribution in [3.63, 3.8) is 0 Å². The van der Waals surface area contributed by atoms with Crippen LogP contribution in [0.5, 0.6) is 0 Å². The lowest BCUT2D eigenvalue weighted by Crippen LogP contribution is -2.40. The SMILES string of the molecule is C=c1c2ccc3c4c(ccc(c(=O)n1-c1ccc5ncccc5c1)c42)C(=O)N(C1=Cc2cccnc2CC1)C3=O. The molecule has 1 aliphatic heterocycles. The highest BCUT2D eigenvalue weighted by Crippen LogP contribution is 2.37. The molecule has 7 nitrogen and oxygen atoms in total. The van der Waals surface area contributed by atoms with Gasteiger partial charge in [-0.2, -0.15) is 0 Å². The smallest absolute Gasteiger partial charge is 0.265 e. The van der Waals surface area contributed by atoms with Crippen LogP contribution in [0.2, 0.25) is 0 Å². The van der Waals surface area contributed by atoms with Gasteiger partial charge in [0.2, 0.25) is 0 Å². The summed E-state index contributed by atoms with van der Waals surface area (Å²) in [6, 6.07) is 20.2. The molecule has 7 heteroatoms. The Morgan fingerprint density at radius 3 is 2.33 bits per heavy atom. The van der Waals surface area contributed by atoms with Crippen molar-refractivity contribution < 1.29 is 9.59 Å². The number of amides is 2. The first-order valence-corrected chi connectivity index (χ1v) is 13.0. The first kappa shape index (κ1) is 22.5. The fourth-order valence-corrected chi connectivity index (χ4v) is 6.17. The lowest BCUT2D eigenvalue weighted by atomic mass is 9.89. The van der Waals surface area contributed by atoms with Gasteiger partial charge in [-0.15, -0.1) is 0 Å². The molecule has 0 unspecified atom stereocenters. The normalized spacial score (nSPS) is 14.7. The van der Waals surface area contributed by atoms with Gasteiger partial charge in [-0.25, -0.2) is 4.90 Å². The topological polar surface area (TPSA) is 85.2 Å². The molecule has 0 N–H and O–H groups in total. The second kappa shape index (κ2) is 8.04. The molecule has 1 aliphatic carbocycles. The van der Waals surface area contributed by atoms with Crippen molar-refractivity contribution in [1.29, 1.82) is 0 Å². The van der Waals surface area contributed by atoms with E-state index in [9.17, 15) is 14.4 Å². The zero-order valence-electron chi connectivity index (χ0n) is 21.2. The summed E-state index contributed by atoms with van der Waals surface area (Å²) in [7, 11) is 0. The molecule has 0 atom stereocenters. The molecule has 0 radical (unpaired) electrons. The maximum atomic E-state index is 13.9. The van der Waals surface area contributed by atoms with E-state index in [2.05, 4.69) is 16.5 Å². The highest BCUT2D eigenvalue weighted by molar-refractivity contribution is 6.30. The van der Waals surface area contributed by atoms with Crippen molar-refractivity contribution in [3.8, 4) is 5.69 Å². The van der Waals surface area contributed by atoms with E-state index in [1.54, 1.807) is 35.2 Å². The molecule has 40 heavy (non-hydrogen) atoms. The molecular formula is C33H20N4O3. The number of aryl methyl sites for hydroxylation is 1. The lowest BCUT2D eigenvalue weighted by molar-refractivity contribution is 0.0658. The fourth-order valence-electron chi connectivity index (χ4n) is 6.17.